The highest BCUT2D eigenvalue weighted by molar-refractivity contribution is 14.0. The van der Waals surface area contributed by atoms with Crippen molar-refractivity contribution in [3.05, 3.63) is 29.8 Å². The molecule has 2 amide bonds. The Balaban J connectivity index is 0.00000363. The number of guanidine groups is 1. The van der Waals surface area contributed by atoms with Crippen LogP contribution in [0.25, 0.3) is 0 Å². The Hall–Kier alpha value is -2.04. The van der Waals surface area contributed by atoms with Gasteiger partial charge in [-0.15, -0.1) is 24.0 Å². The lowest BCUT2D eigenvalue weighted by Crippen LogP contribution is -2.49. The quantitative estimate of drug-likeness (QED) is 0.318. The zero-order chi connectivity index (χ0) is 22.1. The predicted molar refractivity (Wildman–Crippen MR) is 138 cm³/mol. The molecule has 0 aliphatic carbocycles. The Bertz CT molecular complexity index is 763. The number of piperidine rings is 2. The van der Waals surface area contributed by atoms with Crippen LogP contribution in [0.3, 0.4) is 0 Å². The molecule has 0 bridgehead atoms. The smallest absolute Gasteiger partial charge is 0.409 e. The molecule has 1 aromatic carbocycles. The fourth-order valence-electron chi connectivity index (χ4n) is 3.97. The number of hydrogen-bond donors (Lipinski definition) is 2. The standard InChI is InChI=1S/C23H35N5O3.HI/c1-3-24-22(26-19-12-15-27(16-13-19)23(30)31-4-2)25-17-18-8-10-20(11-9-18)28-14-6-5-7-21(28)29;/h8-11,19H,3-7,12-17H2,1-2H3,(H2,24,25,26);1H. The second-order valence-corrected chi connectivity index (χ2v) is 7.97. The number of halogens is 1. The van der Waals surface area contributed by atoms with Crippen molar-refractivity contribution in [3.63, 3.8) is 0 Å². The zero-order valence-corrected chi connectivity index (χ0v) is 21.5. The van der Waals surface area contributed by atoms with Gasteiger partial charge in [-0.2, -0.15) is 0 Å². The number of nitrogens with one attached hydrogen (secondary N) is 2. The number of likely N-dealkylation sites (tertiary alicyclic amines) is 1. The maximum atomic E-state index is 12.1. The first kappa shape index (κ1) is 26.2. The van der Waals surface area contributed by atoms with Crippen molar-refractivity contribution in [2.45, 2.75) is 58.5 Å². The van der Waals surface area contributed by atoms with Crippen LogP contribution in [0, 0.1) is 0 Å². The van der Waals surface area contributed by atoms with Crippen molar-refractivity contribution in [2.24, 2.45) is 4.99 Å². The van der Waals surface area contributed by atoms with E-state index in [1.807, 2.05) is 43.0 Å². The number of anilines is 1. The molecule has 0 saturated carbocycles. The average Bonchev–Trinajstić information content (AvgIpc) is 2.79. The number of aliphatic imine (C=N–C) groups is 1. The Morgan fingerprint density at radius 3 is 2.47 bits per heavy atom. The number of carbonyl (C=O) groups excluding carboxylic acids is 2. The van der Waals surface area contributed by atoms with Crippen LogP contribution in [-0.2, 0) is 16.1 Å². The van der Waals surface area contributed by atoms with Crippen molar-refractivity contribution in [1.82, 2.24) is 15.5 Å². The summed E-state index contributed by atoms with van der Waals surface area (Å²) in [6.07, 6.45) is 4.20. The summed E-state index contributed by atoms with van der Waals surface area (Å²) in [4.78, 5) is 32.3. The Morgan fingerprint density at radius 1 is 1.12 bits per heavy atom. The summed E-state index contributed by atoms with van der Waals surface area (Å²) in [5.41, 5.74) is 2.07. The Kier molecular flexibility index (Phi) is 11.1. The molecule has 8 nitrogen and oxygen atoms in total. The Morgan fingerprint density at radius 2 is 1.84 bits per heavy atom. The van der Waals surface area contributed by atoms with Crippen LogP contribution in [0.15, 0.2) is 29.3 Å². The second kappa shape index (κ2) is 13.5. The molecule has 2 heterocycles. The number of rotatable bonds is 6. The minimum absolute atomic E-state index is 0. The number of amides is 2. The van der Waals surface area contributed by atoms with Gasteiger partial charge in [-0.3, -0.25) is 4.79 Å². The molecule has 32 heavy (non-hydrogen) atoms. The third-order valence-electron chi connectivity index (χ3n) is 5.70. The molecule has 0 aromatic heterocycles. The molecule has 0 spiro atoms. The van der Waals surface area contributed by atoms with E-state index in [1.165, 1.54) is 0 Å². The summed E-state index contributed by atoms with van der Waals surface area (Å²) in [6.45, 7) is 7.80. The number of nitrogens with zero attached hydrogens (tertiary/aromatic N) is 3. The highest BCUT2D eigenvalue weighted by Crippen LogP contribution is 2.21. The van der Waals surface area contributed by atoms with Crippen molar-refractivity contribution in [3.8, 4) is 0 Å². The van der Waals surface area contributed by atoms with Crippen LogP contribution in [0.4, 0.5) is 10.5 Å². The molecule has 9 heteroatoms. The van der Waals surface area contributed by atoms with Crippen LogP contribution >= 0.6 is 24.0 Å². The minimum atomic E-state index is -0.226. The third-order valence-corrected chi connectivity index (χ3v) is 5.70. The van der Waals surface area contributed by atoms with Crippen LogP contribution in [0.2, 0.25) is 0 Å². The molecule has 2 N–H and O–H groups in total. The van der Waals surface area contributed by atoms with Gasteiger partial charge in [0.25, 0.3) is 0 Å². The van der Waals surface area contributed by atoms with Gasteiger partial charge in [0.15, 0.2) is 5.96 Å². The van der Waals surface area contributed by atoms with Gasteiger partial charge >= 0.3 is 6.09 Å². The molecule has 0 atom stereocenters. The fourth-order valence-corrected chi connectivity index (χ4v) is 3.97. The van der Waals surface area contributed by atoms with E-state index in [4.69, 9.17) is 9.73 Å². The van der Waals surface area contributed by atoms with Crippen LogP contribution in [0.5, 0.6) is 0 Å². The van der Waals surface area contributed by atoms with Gasteiger partial charge in [0.2, 0.25) is 5.91 Å². The predicted octanol–water partition coefficient (Wildman–Crippen LogP) is 3.50. The van der Waals surface area contributed by atoms with Gasteiger partial charge < -0.3 is 25.2 Å². The molecular formula is C23H36IN5O3. The summed E-state index contributed by atoms with van der Waals surface area (Å²) < 4.78 is 5.09. The highest BCUT2D eigenvalue weighted by Gasteiger charge is 2.24. The highest BCUT2D eigenvalue weighted by atomic mass is 127. The van der Waals surface area contributed by atoms with E-state index in [9.17, 15) is 9.59 Å². The fraction of sp³-hybridized carbons (Fsp3) is 0.609. The molecule has 0 radical (unpaired) electrons. The summed E-state index contributed by atoms with van der Waals surface area (Å²) in [7, 11) is 0. The zero-order valence-electron chi connectivity index (χ0n) is 19.1. The normalized spacial score (nSPS) is 17.6. The summed E-state index contributed by atoms with van der Waals surface area (Å²) in [6, 6.07) is 8.39. The first-order valence-electron chi connectivity index (χ1n) is 11.5. The lowest BCUT2D eigenvalue weighted by molar-refractivity contribution is -0.119. The first-order valence-corrected chi connectivity index (χ1v) is 11.5. The van der Waals surface area contributed by atoms with Crippen molar-refractivity contribution in [1.29, 1.82) is 0 Å². The molecule has 178 valence electrons. The molecule has 2 aliphatic rings. The van der Waals surface area contributed by atoms with Gasteiger partial charge in [-0.25, -0.2) is 9.79 Å². The number of carbonyl (C=O) groups is 2. The molecule has 0 unspecified atom stereocenters. The maximum absolute atomic E-state index is 12.1. The SMILES string of the molecule is CCNC(=NCc1ccc(N2CCCCC2=O)cc1)NC1CCN(C(=O)OCC)CC1.I. The van der Waals surface area contributed by atoms with Crippen molar-refractivity contribution >= 4 is 47.6 Å². The largest absolute Gasteiger partial charge is 0.450 e. The third kappa shape index (κ3) is 7.53. The average molecular weight is 557 g/mol. The number of benzene rings is 1. The number of hydrogen-bond acceptors (Lipinski definition) is 4. The van der Waals surface area contributed by atoms with Crippen LogP contribution in [-0.4, -0.2) is 61.7 Å². The van der Waals surface area contributed by atoms with Gasteiger partial charge in [-0.1, -0.05) is 12.1 Å². The molecule has 2 saturated heterocycles. The molecule has 1 aromatic rings. The van der Waals surface area contributed by atoms with Gasteiger partial charge in [0, 0.05) is 44.3 Å². The van der Waals surface area contributed by atoms with E-state index in [1.54, 1.807) is 4.90 Å². The number of ether oxygens (including phenoxy) is 1. The van der Waals surface area contributed by atoms with E-state index >= 15 is 0 Å². The molecule has 2 aliphatic heterocycles. The lowest BCUT2D eigenvalue weighted by atomic mass is 10.1. The van der Waals surface area contributed by atoms with Gasteiger partial charge in [0.1, 0.15) is 0 Å². The van der Waals surface area contributed by atoms with Crippen LogP contribution in [0.1, 0.15) is 51.5 Å². The maximum Gasteiger partial charge on any atom is 0.409 e. The van der Waals surface area contributed by atoms with E-state index in [2.05, 4.69) is 10.6 Å². The van der Waals surface area contributed by atoms with Gasteiger partial charge in [0.05, 0.1) is 13.2 Å². The van der Waals surface area contributed by atoms with E-state index in [0.717, 1.165) is 56.0 Å². The van der Waals surface area contributed by atoms with Crippen LogP contribution < -0.4 is 15.5 Å². The van der Waals surface area contributed by atoms with E-state index in [-0.39, 0.29) is 42.0 Å². The van der Waals surface area contributed by atoms with Crippen molar-refractivity contribution < 1.29 is 14.3 Å². The molecular weight excluding hydrogens is 521 g/mol. The minimum Gasteiger partial charge on any atom is -0.450 e. The van der Waals surface area contributed by atoms with Gasteiger partial charge in [-0.05, 0) is 57.2 Å². The Labute approximate surface area is 208 Å². The second-order valence-electron chi connectivity index (χ2n) is 7.97. The van der Waals surface area contributed by atoms with Crippen molar-refractivity contribution in [2.75, 3.05) is 37.7 Å². The topological polar surface area (TPSA) is 86.3 Å². The first-order chi connectivity index (χ1) is 15.1. The summed E-state index contributed by atoms with van der Waals surface area (Å²) in [5.74, 6) is 0.997. The van der Waals surface area contributed by atoms with E-state index in [0.29, 0.717) is 32.7 Å². The molecule has 3 rings (SSSR count). The molecule has 2 fully saturated rings. The summed E-state index contributed by atoms with van der Waals surface area (Å²) >= 11 is 0. The van der Waals surface area contributed by atoms with E-state index < -0.39 is 0 Å². The monoisotopic (exact) mass is 557 g/mol. The lowest BCUT2D eigenvalue weighted by Gasteiger charge is -2.32. The summed E-state index contributed by atoms with van der Waals surface area (Å²) in [5, 5.41) is 6.80.